The van der Waals surface area contributed by atoms with E-state index >= 15 is 0 Å². The van der Waals surface area contributed by atoms with E-state index in [1.54, 1.807) is 12.1 Å². The number of H-pyrrole nitrogens is 1. The molecule has 2 aromatic rings. The molecule has 0 saturated heterocycles. The Kier molecular flexibility index (Phi) is 3.54. The second-order valence-corrected chi connectivity index (χ2v) is 4.38. The van der Waals surface area contributed by atoms with Crippen molar-refractivity contribution in [3.05, 3.63) is 50.5 Å². The molecule has 0 aliphatic rings. The summed E-state index contributed by atoms with van der Waals surface area (Å²) in [7, 11) is 0. The Morgan fingerprint density at radius 2 is 2.00 bits per heavy atom. The summed E-state index contributed by atoms with van der Waals surface area (Å²) in [5, 5.41) is 8.77. The van der Waals surface area contributed by atoms with Gasteiger partial charge in [-0.25, -0.2) is 4.98 Å². The van der Waals surface area contributed by atoms with E-state index in [4.69, 9.17) is 21.6 Å². The van der Waals surface area contributed by atoms with Crippen LogP contribution in [0.4, 0.5) is 0 Å². The van der Waals surface area contributed by atoms with Crippen LogP contribution in [-0.4, -0.2) is 9.97 Å². The molecule has 0 unspecified atom stereocenters. The summed E-state index contributed by atoms with van der Waals surface area (Å²) < 4.78 is 5.58. The van der Waals surface area contributed by atoms with Crippen LogP contribution in [-0.2, 0) is 0 Å². The number of ether oxygens (including phenoxy) is 1. The Hall–Kier alpha value is -2.32. The van der Waals surface area contributed by atoms with Crippen molar-refractivity contribution in [1.29, 1.82) is 5.26 Å². The Morgan fingerprint density at radius 1 is 1.37 bits per heavy atom. The molecule has 2 rings (SSSR count). The summed E-state index contributed by atoms with van der Waals surface area (Å²) in [6, 6.07) is 5.46. The first-order valence-corrected chi connectivity index (χ1v) is 5.83. The van der Waals surface area contributed by atoms with Gasteiger partial charge in [-0.1, -0.05) is 11.6 Å². The van der Waals surface area contributed by atoms with E-state index in [9.17, 15) is 4.79 Å². The first-order chi connectivity index (χ1) is 9.02. The number of hydrogen-bond acceptors (Lipinski definition) is 4. The molecule has 1 aromatic carbocycles. The molecule has 1 aromatic heterocycles. The van der Waals surface area contributed by atoms with E-state index in [0.717, 1.165) is 11.1 Å². The number of aromatic amines is 1. The number of hydrogen-bond donors (Lipinski definition) is 1. The lowest BCUT2D eigenvalue weighted by Gasteiger charge is -2.11. The molecule has 0 radical (unpaired) electrons. The van der Waals surface area contributed by atoms with Gasteiger partial charge in [0.25, 0.3) is 5.56 Å². The highest BCUT2D eigenvalue weighted by Crippen LogP contribution is 2.30. The van der Waals surface area contributed by atoms with Gasteiger partial charge in [0.2, 0.25) is 5.88 Å². The summed E-state index contributed by atoms with van der Waals surface area (Å²) in [6.45, 7) is 3.62. The molecular weight excluding hydrogens is 266 g/mol. The number of nitrogens with zero attached hydrogens (tertiary/aromatic N) is 2. The van der Waals surface area contributed by atoms with E-state index in [-0.39, 0.29) is 10.9 Å². The van der Waals surface area contributed by atoms with Crippen LogP contribution in [0.2, 0.25) is 5.02 Å². The fourth-order valence-corrected chi connectivity index (χ4v) is 1.85. The molecule has 0 spiro atoms. The highest BCUT2D eigenvalue weighted by Gasteiger charge is 2.12. The number of aromatic nitrogens is 2. The van der Waals surface area contributed by atoms with Gasteiger partial charge in [0.15, 0.2) is 5.02 Å². The van der Waals surface area contributed by atoms with Crippen LogP contribution in [0.15, 0.2) is 23.3 Å². The van der Waals surface area contributed by atoms with Gasteiger partial charge in [-0.3, -0.25) is 4.79 Å². The first-order valence-electron chi connectivity index (χ1n) is 5.45. The topological polar surface area (TPSA) is 78.8 Å². The molecular formula is C13H10ClN3O2. The minimum Gasteiger partial charge on any atom is -0.437 e. The zero-order valence-electron chi connectivity index (χ0n) is 10.3. The number of rotatable bonds is 2. The van der Waals surface area contributed by atoms with Gasteiger partial charge in [0.05, 0.1) is 18.0 Å². The fraction of sp³-hybridized carbons (Fsp3) is 0.154. The van der Waals surface area contributed by atoms with Crippen LogP contribution in [0.25, 0.3) is 0 Å². The van der Waals surface area contributed by atoms with E-state index in [0.29, 0.717) is 11.3 Å². The normalized spacial score (nSPS) is 10.0. The molecule has 0 fully saturated rings. The van der Waals surface area contributed by atoms with Crippen molar-refractivity contribution in [3.8, 4) is 17.7 Å². The molecule has 0 aliphatic carbocycles. The molecule has 5 nitrogen and oxygen atoms in total. The van der Waals surface area contributed by atoms with Crippen LogP contribution >= 0.6 is 11.6 Å². The quantitative estimate of drug-likeness (QED) is 0.914. The molecule has 0 bridgehead atoms. The zero-order valence-corrected chi connectivity index (χ0v) is 11.1. The molecule has 96 valence electrons. The van der Waals surface area contributed by atoms with Gasteiger partial charge in [-0.2, -0.15) is 5.26 Å². The minimum absolute atomic E-state index is 0.0429. The van der Waals surface area contributed by atoms with Gasteiger partial charge >= 0.3 is 0 Å². The summed E-state index contributed by atoms with van der Waals surface area (Å²) in [4.78, 5) is 17.6. The zero-order chi connectivity index (χ0) is 14.0. The van der Waals surface area contributed by atoms with Crippen LogP contribution in [0, 0.1) is 25.2 Å². The Balaban J connectivity index is 2.48. The summed E-state index contributed by atoms with van der Waals surface area (Å²) in [5.74, 6) is 0.584. The van der Waals surface area contributed by atoms with Gasteiger partial charge in [0, 0.05) is 0 Å². The van der Waals surface area contributed by atoms with Crippen molar-refractivity contribution in [1.82, 2.24) is 9.97 Å². The summed E-state index contributed by atoms with van der Waals surface area (Å²) >= 11 is 5.82. The molecule has 19 heavy (non-hydrogen) atoms. The smallest absolute Gasteiger partial charge is 0.273 e. The molecule has 1 heterocycles. The molecule has 0 atom stereocenters. The molecule has 0 aliphatic heterocycles. The minimum atomic E-state index is -0.462. The Labute approximate surface area is 114 Å². The second kappa shape index (κ2) is 5.12. The summed E-state index contributed by atoms with van der Waals surface area (Å²) in [6.07, 6.45) is 1.22. The molecule has 6 heteroatoms. The number of nitrogens with one attached hydrogen (secondary N) is 1. The van der Waals surface area contributed by atoms with E-state index < -0.39 is 5.56 Å². The standard InChI is InChI=1S/C13H10ClN3O2/c1-7-3-9(5-15)4-8(2)11(7)19-13-10(14)12(18)16-6-17-13/h3-4,6H,1-2H3,(H,16,17,18). The maximum absolute atomic E-state index is 11.3. The monoisotopic (exact) mass is 275 g/mol. The molecule has 1 N–H and O–H groups in total. The van der Waals surface area contributed by atoms with Crippen LogP contribution in [0.5, 0.6) is 11.6 Å². The van der Waals surface area contributed by atoms with Crippen molar-refractivity contribution in [2.75, 3.05) is 0 Å². The number of benzene rings is 1. The third kappa shape index (κ3) is 2.59. The predicted molar refractivity (Wildman–Crippen MR) is 70.6 cm³/mol. The predicted octanol–water partition coefficient (Wildman–Crippen LogP) is 2.70. The van der Waals surface area contributed by atoms with Gasteiger partial charge in [-0.15, -0.1) is 0 Å². The Bertz CT molecular complexity index is 708. The van der Waals surface area contributed by atoms with Crippen molar-refractivity contribution < 1.29 is 4.74 Å². The van der Waals surface area contributed by atoms with Gasteiger partial charge < -0.3 is 9.72 Å². The second-order valence-electron chi connectivity index (χ2n) is 4.00. The van der Waals surface area contributed by atoms with Crippen LogP contribution in [0.3, 0.4) is 0 Å². The number of halogens is 1. The number of aryl methyl sites for hydroxylation is 2. The van der Waals surface area contributed by atoms with E-state index in [2.05, 4.69) is 16.0 Å². The Morgan fingerprint density at radius 3 is 2.58 bits per heavy atom. The maximum Gasteiger partial charge on any atom is 0.273 e. The number of nitriles is 1. The average molecular weight is 276 g/mol. The first kappa shape index (κ1) is 13.1. The highest BCUT2D eigenvalue weighted by molar-refractivity contribution is 6.31. The van der Waals surface area contributed by atoms with Crippen molar-refractivity contribution >= 4 is 11.6 Å². The highest BCUT2D eigenvalue weighted by atomic mass is 35.5. The lowest BCUT2D eigenvalue weighted by atomic mass is 10.1. The maximum atomic E-state index is 11.3. The fourth-order valence-electron chi connectivity index (χ4n) is 1.71. The SMILES string of the molecule is Cc1cc(C#N)cc(C)c1Oc1nc[nH]c(=O)c1Cl. The summed E-state index contributed by atoms with van der Waals surface area (Å²) in [5.41, 5.74) is 1.63. The largest absolute Gasteiger partial charge is 0.437 e. The third-order valence-electron chi connectivity index (χ3n) is 2.55. The molecule has 0 saturated carbocycles. The lowest BCUT2D eigenvalue weighted by molar-refractivity contribution is 0.454. The molecule has 0 amide bonds. The van der Waals surface area contributed by atoms with Crippen LogP contribution < -0.4 is 10.3 Å². The third-order valence-corrected chi connectivity index (χ3v) is 2.89. The van der Waals surface area contributed by atoms with E-state index in [1.807, 2.05) is 13.8 Å². The van der Waals surface area contributed by atoms with Crippen LogP contribution in [0.1, 0.15) is 16.7 Å². The van der Waals surface area contributed by atoms with E-state index in [1.165, 1.54) is 6.33 Å². The van der Waals surface area contributed by atoms with Gasteiger partial charge in [0.1, 0.15) is 5.75 Å². The van der Waals surface area contributed by atoms with Crippen molar-refractivity contribution in [3.63, 3.8) is 0 Å². The van der Waals surface area contributed by atoms with Crippen molar-refractivity contribution in [2.24, 2.45) is 0 Å². The van der Waals surface area contributed by atoms with Crippen molar-refractivity contribution in [2.45, 2.75) is 13.8 Å². The average Bonchev–Trinajstić information content (AvgIpc) is 2.38. The lowest BCUT2D eigenvalue weighted by Crippen LogP contribution is -2.08. The van der Waals surface area contributed by atoms with Gasteiger partial charge in [-0.05, 0) is 37.1 Å².